The fraction of sp³-hybridized carbons (Fsp3) is 0.133. The molecule has 0 heterocycles. The van der Waals surface area contributed by atoms with Crippen molar-refractivity contribution in [1.82, 2.24) is 0 Å². The summed E-state index contributed by atoms with van der Waals surface area (Å²) < 4.78 is 0.857. The van der Waals surface area contributed by atoms with Gasteiger partial charge in [0.25, 0.3) is 0 Å². The molecule has 0 bridgehead atoms. The Bertz CT molecular complexity index is 606. The van der Waals surface area contributed by atoms with Gasteiger partial charge in [-0.15, -0.1) is 0 Å². The second kappa shape index (κ2) is 7.16. The van der Waals surface area contributed by atoms with Crippen molar-refractivity contribution >= 4 is 51.8 Å². The molecule has 0 fully saturated rings. The van der Waals surface area contributed by atoms with E-state index in [0.29, 0.717) is 17.1 Å². The minimum absolute atomic E-state index is 0.169. The zero-order valence-electron chi connectivity index (χ0n) is 10.5. The molecule has 0 aromatic heterocycles. The average molecular weight is 371 g/mol. The van der Waals surface area contributed by atoms with Gasteiger partial charge in [0.2, 0.25) is 5.91 Å². The quantitative estimate of drug-likeness (QED) is 0.758. The molecule has 0 radical (unpaired) electrons. The Morgan fingerprint density at radius 1 is 1.25 bits per heavy atom. The van der Waals surface area contributed by atoms with E-state index in [1.54, 1.807) is 12.1 Å². The highest BCUT2D eigenvalue weighted by atomic mass is 79.9. The third-order valence-electron chi connectivity index (χ3n) is 2.76. The molecule has 20 heavy (non-hydrogen) atoms. The number of anilines is 1. The predicted octanol–water partition coefficient (Wildman–Crippen LogP) is 4.58. The van der Waals surface area contributed by atoms with E-state index in [4.69, 9.17) is 11.6 Å². The molecule has 1 unspecified atom stereocenters. The van der Waals surface area contributed by atoms with Crippen molar-refractivity contribution in [3.8, 4) is 0 Å². The SMILES string of the molecule is O=C(Nc1cc(Br)ccc1Cl)C(S)Cc1ccccc1. The van der Waals surface area contributed by atoms with E-state index in [1.165, 1.54) is 0 Å². The van der Waals surface area contributed by atoms with Crippen molar-refractivity contribution in [2.45, 2.75) is 11.7 Å². The molecule has 104 valence electrons. The molecule has 1 atom stereocenters. The Labute approximate surface area is 137 Å². The van der Waals surface area contributed by atoms with Crippen molar-refractivity contribution in [2.75, 3.05) is 5.32 Å². The third kappa shape index (κ3) is 4.27. The molecule has 2 aromatic rings. The minimum Gasteiger partial charge on any atom is -0.324 e. The van der Waals surface area contributed by atoms with Crippen LogP contribution in [0, 0.1) is 0 Å². The molecule has 0 saturated carbocycles. The molecule has 0 aliphatic rings. The van der Waals surface area contributed by atoms with Crippen LogP contribution in [0.1, 0.15) is 5.56 Å². The summed E-state index contributed by atoms with van der Waals surface area (Å²) in [6.07, 6.45) is 0.571. The van der Waals surface area contributed by atoms with Gasteiger partial charge in [0.1, 0.15) is 0 Å². The zero-order chi connectivity index (χ0) is 14.5. The Kier molecular flexibility index (Phi) is 5.52. The predicted molar refractivity (Wildman–Crippen MR) is 90.7 cm³/mol. The first-order chi connectivity index (χ1) is 9.56. The molecule has 5 heteroatoms. The third-order valence-corrected chi connectivity index (χ3v) is 4.00. The van der Waals surface area contributed by atoms with E-state index in [2.05, 4.69) is 33.9 Å². The molecule has 2 nitrogen and oxygen atoms in total. The Morgan fingerprint density at radius 3 is 2.65 bits per heavy atom. The van der Waals surface area contributed by atoms with E-state index in [1.807, 2.05) is 36.4 Å². The second-order valence-electron chi connectivity index (χ2n) is 4.32. The molecule has 0 saturated heterocycles. The maximum atomic E-state index is 12.1. The zero-order valence-corrected chi connectivity index (χ0v) is 13.8. The minimum atomic E-state index is -0.424. The molecule has 0 aliphatic heterocycles. The van der Waals surface area contributed by atoms with Crippen molar-refractivity contribution in [1.29, 1.82) is 0 Å². The lowest BCUT2D eigenvalue weighted by atomic mass is 10.1. The van der Waals surface area contributed by atoms with Crippen LogP contribution in [-0.4, -0.2) is 11.2 Å². The van der Waals surface area contributed by atoms with Gasteiger partial charge in [-0.05, 0) is 30.2 Å². The molecule has 0 spiro atoms. The van der Waals surface area contributed by atoms with Crippen LogP contribution < -0.4 is 5.32 Å². The van der Waals surface area contributed by atoms with Gasteiger partial charge >= 0.3 is 0 Å². The fourth-order valence-corrected chi connectivity index (χ4v) is 2.54. The summed E-state index contributed by atoms with van der Waals surface area (Å²) in [6, 6.07) is 15.1. The summed E-state index contributed by atoms with van der Waals surface area (Å²) in [5.41, 5.74) is 1.65. The summed E-state index contributed by atoms with van der Waals surface area (Å²) in [6.45, 7) is 0. The molecule has 1 amide bonds. The van der Waals surface area contributed by atoms with Crippen LogP contribution in [0.25, 0.3) is 0 Å². The van der Waals surface area contributed by atoms with Gasteiger partial charge in [-0.25, -0.2) is 0 Å². The van der Waals surface area contributed by atoms with Gasteiger partial charge in [0, 0.05) is 4.47 Å². The number of carbonyl (C=O) groups excluding carboxylic acids is 1. The largest absolute Gasteiger partial charge is 0.324 e. The lowest BCUT2D eigenvalue weighted by Gasteiger charge is -2.13. The number of rotatable bonds is 4. The van der Waals surface area contributed by atoms with E-state index in [0.717, 1.165) is 10.0 Å². The normalized spacial score (nSPS) is 11.9. The van der Waals surface area contributed by atoms with Crippen LogP contribution in [0.15, 0.2) is 53.0 Å². The molecular formula is C15H13BrClNOS. The van der Waals surface area contributed by atoms with Crippen molar-refractivity contribution < 1.29 is 4.79 Å². The smallest absolute Gasteiger partial charge is 0.237 e. The van der Waals surface area contributed by atoms with E-state index < -0.39 is 5.25 Å². The molecule has 1 N–H and O–H groups in total. The number of amides is 1. The van der Waals surface area contributed by atoms with Crippen molar-refractivity contribution in [2.24, 2.45) is 0 Å². The highest BCUT2D eigenvalue weighted by Crippen LogP contribution is 2.26. The maximum absolute atomic E-state index is 12.1. The average Bonchev–Trinajstić information content (AvgIpc) is 2.44. The molecule has 0 aliphatic carbocycles. The summed E-state index contributed by atoms with van der Waals surface area (Å²) in [7, 11) is 0. The Morgan fingerprint density at radius 2 is 1.95 bits per heavy atom. The van der Waals surface area contributed by atoms with Crippen LogP contribution in [-0.2, 0) is 11.2 Å². The Balaban J connectivity index is 2.02. The maximum Gasteiger partial charge on any atom is 0.237 e. The van der Waals surface area contributed by atoms with Crippen molar-refractivity contribution in [3.63, 3.8) is 0 Å². The summed E-state index contributed by atoms with van der Waals surface area (Å²) in [5, 5.41) is 2.87. The van der Waals surface area contributed by atoms with Gasteiger partial charge < -0.3 is 5.32 Å². The summed E-state index contributed by atoms with van der Waals surface area (Å²) in [5.74, 6) is -0.169. The first-order valence-corrected chi connectivity index (χ1v) is 7.73. The van der Waals surface area contributed by atoms with Crippen molar-refractivity contribution in [3.05, 3.63) is 63.6 Å². The number of thiol groups is 1. The van der Waals surface area contributed by atoms with E-state index in [-0.39, 0.29) is 5.91 Å². The van der Waals surface area contributed by atoms with Crippen LogP contribution >= 0.6 is 40.2 Å². The standard InChI is InChI=1S/C15H13BrClNOS/c16-11-6-7-12(17)13(9-11)18-15(19)14(20)8-10-4-2-1-3-5-10/h1-7,9,14,20H,8H2,(H,18,19). The lowest BCUT2D eigenvalue weighted by molar-refractivity contribution is -0.115. The van der Waals surface area contributed by atoms with Gasteiger partial charge in [0.15, 0.2) is 0 Å². The van der Waals surface area contributed by atoms with Gasteiger partial charge in [-0.1, -0.05) is 57.9 Å². The lowest BCUT2D eigenvalue weighted by Crippen LogP contribution is -2.25. The molecular weight excluding hydrogens is 358 g/mol. The van der Waals surface area contributed by atoms with E-state index >= 15 is 0 Å². The topological polar surface area (TPSA) is 29.1 Å². The number of carbonyl (C=O) groups is 1. The summed E-state index contributed by atoms with van der Waals surface area (Å²) >= 11 is 13.8. The number of hydrogen-bond donors (Lipinski definition) is 2. The number of halogens is 2. The fourth-order valence-electron chi connectivity index (χ4n) is 1.74. The molecule has 2 aromatic carbocycles. The first kappa shape index (κ1) is 15.4. The van der Waals surface area contributed by atoms with Crippen LogP contribution in [0.2, 0.25) is 5.02 Å². The van der Waals surface area contributed by atoms with Gasteiger partial charge in [-0.2, -0.15) is 12.6 Å². The monoisotopic (exact) mass is 369 g/mol. The van der Waals surface area contributed by atoms with Gasteiger partial charge in [0.05, 0.1) is 16.0 Å². The highest BCUT2D eigenvalue weighted by molar-refractivity contribution is 9.10. The number of hydrogen-bond acceptors (Lipinski definition) is 2. The first-order valence-electron chi connectivity index (χ1n) is 6.04. The second-order valence-corrected chi connectivity index (χ2v) is 6.27. The highest BCUT2D eigenvalue weighted by Gasteiger charge is 2.16. The van der Waals surface area contributed by atoms with Crippen LogP contribution in [0.5, 0.6) is 0 Å². The van der Waals surface area contributed by atoms with Crippen LogP contribution in [0.3, 0.4) is 0 Å². The summed E-state index contributed by atoms with van der Waals surface area (Å²) in [4.78, 5) is 12.1. The number of benzene rings is 2. The van der Waals surface area contributed by atoms with Gasteiger partial charge in [-0.3, -0.25) is 4.79 Å². The van der Waals surface area contributed by atoms with E-state index in [9.17, 15) is 4.79 Å². The molecule has 2 rings (SSSR count). The number of nitrogens with one attached hydrogen (secondary N) is 1. The Hall–Kier alpha value is -0.970. The van der Waals surface area contributed by atoms with Crippen LogP contribution in [0.4, 0.5) is 5.69 Å².